The highest BCUT2D eigenvalue weighted by molar-refractivity contribution is 5.82. The lowest BCUT2D eigenvalue weighted by Crippen LogP contribution is -3.03. The van der Waals surface area contributed by atoms with Crippen LogP contribution in [-0.4, -0.2) is 65.9 Å². The number of aliphatic hydroxyl groups excluding tert-OH is 2. The first-order chi connectivity index (χ1) is 13.0. The third-order valence-electron chi connectivity index (χ3n) is 5.04. The number of nitrogens with zero attached hydrogens (tertiary/aromatic N) is 4. The zero-order valence-corrected chi connectivity index (χ0v) is 14.4. The molecule has 0 spiro atoms. The van der Waals surface area contributed by atoms with Crippen LogP contribution in [0.2, 0.25) is 0 Å². The van der Waals surface area contributed by atoms with E-state index >= 15 is 0 Å². The van der Waals surface area contributed by atoms with Crippen LogP contribution in [0, 0.1) is 5.21 Å². The molecule has 148 valence electrons. The van der Waals surface area contributed by atoms with E-state index in [9.17, 15) is 15.4 Å². The van der Waals surface area contributed by atoms with Crippen LogP contribution in [0.15, 0.2) is 12.7 Å². The summed E-state index contributed by atoms with van der Waals surface area (Å²) in [5.41, 5.74) is 0.987. The molecule has 1 saturated carbocycles. The molecule has 1 saturated heterocycles. The monoisotopic (exact) mass is 382 g/mol. The third kappa shape index (κ3) is 3.60. The van der Waals surface area contributed by atoms with Crippen molar-refractivity contribution in [2.24, 2.45) is 0 Å². The van der Waals surface area contributed by atoms with E-state index in [4.69, 9.17) is 9.94 Å². The van der Waals surface area contributed by atoms with Crippen LogP contribution in [0.1, 0.15) is 31.9 Å². The molecule has 2 aromatic heterocycles. The van der Waals surface area contributed by atoms with Gasteiger partial charge in [-0.2, -0.15) is 10.0 Å². The molecule has 12 nitrogen and oxygen atoms in total. The molecule has 1 aliphatic heterocycles. The number of anilines is 1. The summed E-state index contributed by atoms with van der Waals surface area (Å²) in [6, 6.07) is 0.348. The Bertz CT molecular complexity index is 781. The highest BCUT2D eigenvalue weighted by Crippen LogP contribution is 2.32. The van der Waals surface area contributed by atoms with E-state index in [2.05, 4.69) is 25.1 Å². The van der Waals surface area contributed by atoms with Gasteiger partial charge in [-0.3, -0.25) is 4.57 Å². The molecule has 2 aliphatic rings. The van der Waals surface area contributed by atoms with Gasteiger partial charge in [-0.1, -0.05) is 18.2 Å². The summed E-state index contributed by atoms with van der Waals surface area (Å²) in [6.07, 6.45) is 2.83. The Hall–Kier alpha value is -1.93. The van der Waals surface area contributed by atoms with Gasteiger partial charge >= 0.3 is 0 Å². The van der Waals surface area contributed by atoms with Gasteiger partial charge < -0.3 is 25.5 Å². The van der Waals surface area contributed by atoms with Gasteiger partial charge in [0.05, 0.1) is 6.33 Å². The second-order valence-electron chi connectivity index (χ2n) is 6.80. The Kier molecular flexibility index (Phi) is 5.19. The standard InChI is InChI=1S/C15H22N6O6/c22-11-9(5-26-21(24)25)27-15(12(11)23)20-7-18-10-13(16-6-17-14(10)20)19-8-3-1-2-4-8/h6-9,11-12,15,21-24H,1-5H2,(H,16,17,19). The molecule has 3 heterocycles. The fourth-order valence-corrected chi connectivity index (χ4v) is 3.66. The minimum absolute atomic E-state index is 0.348. The van der Waals surface area contributed by atoms with E-state index in [0.717, 1.165) is 12.8 Å². The molecule has 0 amide bonds. The van der Waals surface area contributed by atoms with Gasteiger partial charge in [0.25, 0.3) is 0 Å². The summed E-state index contributed by atoms with van der Waals surface area (Å²) in [5, 5.41) is 41.5. The molecule has 5 atom stereocenters. The Labute approximate surface area is 153 Å². The number of fused-ring (bicyclic) bond motifs is 1. The SMILES string of the molecule is [O-][NH+](O)OCC1OC(n2cnc3c(NC4CCCC4)ncnc32)C(O)C1O. The van der Waals surface area contributed by atoms with E-state index in [1.165, 1.54) is 30.1 Å². The molecule has 4 rings (SSSR count). The van der Waals surface area contributed by atoms with Crippen molar-refractivity contribution in [2.45, 2.75) is 56.3 Å². The van der Waals surface area contributed by atoms with E-state index in [0.29, 0.717) is 23.0 Å². The normalized spacial score (nSPS) is 30.2. The van der Waals surface area contributed by atoms with Crippen LogP contribution in [0.5, 0.6) is 0 Å². The topological polar surface area (TPSA) is 162 Å². The number of imidazole rings is 1. The van der Waals surface area contributed by atoms with Gasteiger partial charge in [-0.05, 0) is 12.8 Å². The number of aliphatic hydroxyl groups is 2. The maximum atomic E-state index is 10.5. The maximum Gasteiger partial charge on any atom is 0.167 e. The zero-order chi connectivity index (χ0) is 19.0. The molecule has 0 radical (unpaired) electrons. The number of hydrogen-bond acceptors (Lipinski definition) is 10. The van der Waals surface area contributed by atoms with Crippen molar-refractivity contribution in [3.8, 4) is 0 Å². The Morgan fingerprint density at radius 1 is 1.26 bits per heavy atom. The van der Waals surface area contributed by atoms with Crippen molar-refractivity contribution in [1.29, 1.82) is 0 Å². The molecule has 27 heavy (non-hydrogen) atoms. The first-order valence-electron chi connectivity index (χ1n) is 8.86. The first-order valence-corrected chi connectivity index (χ1v) is 8.86. The van der Waals surface area contributed by atoms with E-state index < -0.39 is 29.9 Å². The smallest absolute Gasteiger partial charge is 0.167 e. The lowest BCUT2D eigenvalue weighted by molar-refractivity contribution is -1.21. The second-order valence-corrected chi connectivity index (χ2v) is 6.80. The largest absolute Gasteiger partial charge is 0.566 e. The van der Waals surface area contributed by atoms with Crippen molar-refractivity contribution in [2.75, 3.05) is 11.9 Å². The van der Waals surface area contributed by atoms with Gasteiger partial charge in [0.2, 0.25) is 0 Å². The lowest BCUT2D eigenvalue weighted by Gasteiger charge is -2.17. The lowest BCUT2D eigenvalue weighted by atomic mass is 10.1. The van der Waals surface area contributed by atoms with E-state index in [1.807, 2.05) is 0 Å². The van der Waals surface area contributed by atoms with Crippen molar-refractivity contribution < 1.29 is 30.4 Å². The molecule has 5 unspecified atom stereocenters. The molecule has 2 aromatic rings. The van der Waals surface area contributed by atoms with E-state index in [1.54, 1.807) is 0 Å². The second kappa shape index (κ2) is 7.59. The molecular weight excluding hydrogens is 360 g/mol. The maximum absolute atomic E-state index is 10.5. The number of hydrogen-bond donors (Lipinski definition) is 5. The summed E-state index contributed by atoms with van der Waals surface area (Å²) in [6.45, 7) is -0.389. The van der Waals surface area contributed by atoms with Crippen molar-refractivity contribution in [3.05, 3.63) is 17.9 Å². The Morgan fingerprint density at radius 2 is 2.04 bits per heavy atom. The van der Waals surface area contributed by atoms with Gasteiger partial charge in [0.1, 0.15) is 31.2 Å². The van der Waals surface area contributed by atoms with Crippen LogP contribution in [-0.2, 0) is 9.57 Å². The molecule has 2 fully saturated rings. The fraction of sp³-hybridized carbons (Fsp3) is 0.667. The fourth-order valence-electron chi connectivity index (χ4n) is 3.66. The zero-order valence-electron chi connectivity index (χ0n) is 14.4. The number of nitrogens with one attached hydrogen (secondary N) is 2. The predicted molar refractivity (Wildman–Crippen MR) is 89.2 cm³/mol. The van der Waals surface area contributed by atoms with Crippen molar-refractivity contribution in [1.82, 2.24) is 19.5 Å². The summed E-state index contributed by atoms with van der Waals surface area (Å²) in [4.78, 5) is 17.3. The van der Waals surface area contributed by atoms with E-state index in [-0.39, 0.29) is 6.61 Å². The van der Waals surface area contributed by atoms with Gasteiger partial charge in [-0.25, -0.2) is 15.0 Å². The molecular formula is C15H22N6O6. The number of quaternary nitrogens is 1. The average molecular weight is 382 g/mol. The van der Waals surface area contributed by atoms with Gasteiger partial charge in [-0.15, -0.1) is 0 Å². The average Bonchev–Trinajstić information content (AvgIpc) is 3.36. The number of aromatic nitrogens is 4. The van der Waals surface area contributed by atoms with Crippen molar-refractivity contribution >= 4 is 17.0 Å². The highest BCUT2D eigenvalue weighted by atomic mass is 17.1. The molecule has 12 heteroatoms. The molecule has 0 bridgehead atoms. The molecule has 5 N–H and O–H groups in total. The summed E-state index contributed by atoms with van der Waals surface area (Å²) >= 11 is 0. The molecule has 1 aliphatic carbocycles. The van der Waals surface area contributed by atoms with Gasteiger partial charge in [0, 0.05) is 6.04 Å². The minimum atomic E-state index is -1.48. The molecule has 0 aromatic carbocycles. The quantitative estimate of drug-likeness (QED) is 0.372. The van der Waals surface area contributed by atoms with Crippen LogP contribution in [0.4, 0.5) is 5.82 Å². The van der Waals surface area contributed by atoms with Crippen LogP contribution in [0.3, 0.4) is 0 Å². The summed E-state index contributed by atoms with van der Waals surface area (Å²) in [7, 11) is 0. The van der Waals surface area contributed by atoms with Crippen LogP contribution in [0.25, 0.3) is 11.2 Å². The third-order valence-corrected chi connectivity index (χ3v) is 5.04. The first kappa shape index (κ1) is 18.4. The summed E-state index contributed by atoms with van der Waals surface area (Å²) in [5.74, 6) is 0.615. The Morgan fingerprint density at radius 3 is 2.78 bits per heavy atom. The summed E-state index contributed by atoms with van der Waals surface area (Å²) < 4.78 is 7.12. The van der Waals surface area contributed by atoms with Crippen LogP contribution >= 0.6 is 0 Å². The number of rotatable bonds is 6. The Balaban J connectivity index is 1.56. The van der Waals surface area contributed by atoms with Crippen molar-refractivity contribution in [3.63, 3.8) is 0 Å². The number of ether oxygens (including phenoxy) is 1. The minimum Gasteiger partial charge on any atom is -0.566 e. The van der Waals surface area contributed by atoms with Gasteiger partial charge in [0.15, 0.2) is 23.2 Å². The predicted octanol–water partition coefficient (Wildman–Crippen LogP) is -1.50. The van der Waals surface area contributed by atoms with Crippen LogP contribution < -0.4 is 10.7 Å². The highest BCUT2D eigenvalue weighted by Gasteiger charge is 2.45.